The van der Waals surface area contributed by atoms with Gasteiger partial charge >= 0.3 is 0 Å². The van der Waals surface area contributed by atoms with Crippen LogP contribution in [0.1, 0.15) is 17.3 Å². The summed E-state index contributed by atoms with van der Waals surface area (Å²) in [6, 6.07) is 17.6. The predicted octanol–water partition coefficient (Wildman–Crippen LogP) is 3.23. The van der Waals surface area contributed by atoms with Crippen LogP contribution in [0.4, 0.5) is 0 Å². The Kier molecular flexibility index (Phi) is 3.99. The van der Waals surface area contributed by atoms with E-state index in [4.69, 9.17) is 11.6 Å². The van der Waals surface area contributed by atoms with Crippen LogP contribution in [0.25, 0.3) is 5.69 Å². The highest BCUT2D eigenvalue weighted by Crippen LogP contribution is 2.28. The molecule has 1 heterocycles. The van der Waals surface area contributed by atoms with Crippen molar-refractivity contribution in [2.45, 2.75) is 6.04 Å². The first-order valence-electron chi connectivity index (χ1n) is 6.69. The molecule has 1 atom stereocenters. The zero-order valence-corrected chi connectivity index (χ0v) is 12.3. The van der Waals surface area contributed by atoms with E-state index >= 15 is 0 Å². The van der Waals surface area contributed by atoms with E-state index in [1.807, 2.05) is 66.3 Å². The minimum Gasteiger partial charge on any atom is -0.308 e. The molecule has 21 heavy (non-hydrogen) atoms. The zero-order chi connectivity index (χ0) is 14.7. The number of halogens is 1. The molecular formula is C16H15ClN4. The van der Waals surface area contributed by atoms with Crippen molar-refractivity contribution in [1.29, 1.82) is 0 Å². The van der Waals surface area contributed by atoms with Crippen LogP contribution in [0.3, 0.4) is 0 Å². The maximum atomic E-state index is 6.32. The van der Waals surface area contributed by atoms with Crippen molar-refractivity contribution in [3.63, 3.8) is 0 Å². The summed E-state index contributed by atoms with van der Waals surface area (Å²) in [5, 5.41) is 12.3. The molecule has 1 N–H and O–H groups in total. The van der Waals surface area contributed by atoms with Crippen LogP contribution in [-0.2, 0) is 0 Å². The van der Waals surface area contributed by atoms with E-state index in [-0.39, 0.29) is 6.04 Å². The predicted molar refractivity (Wildman–Crippen MR) is 83.7 cm³/mol. The highest BCUT2D eigenvalue weighted by molar-refractivity contribution is 6.31. The Balaban J connectivity index is 2.08. The average molecular weight is 299 g/mol. The molecule has 0 aliphatic rings. The van der Waals surface area contributed by atoms with E-state index in [0.717, 1.165) is 22.0 Å². The van der Waals surface area contributed by atoms with Gasteiger partial charge in [-0.15, -0.1) is 5.10 Å². The summed E-state index contributed by atoms with van der Waals surface area (Å²) in [7, 11) is 1.90. The zero-order valence-electron chi connectivity index (χ0n) is 11.6. The molecule has 0 fully saturated rings. The lowest BCUT2D eigenvalue weighted by Crippen LogP contribution is -2.21. The van der Waals surface area contributed by atoms with E-state index in [2.05, 4.69) is 15.6 Å². The summed E-state index contributed by atoms with van der Waals surface area (Å²) in [5.74, 6) is 0. The molecule has 1 unspecified atom stereocenters. The molecular weight excluding hydrogens is 284 g/mol. The Morgan fingerprint density at radius 3 is 2.48 bits per heavy atom. The molecule has 1 aromatic heterocycles. The number of hydrogen-bond acceptors (Lipinski definition) is 3. The molecule has 0 bridgehead atoms. The van der Waals surface area contributed by atoms with Crippen LogP contribution < -0.4 is 5.32 Å². The van der Waals surface area contributed by atoms with Crippen molar-refractivity contribution in [2.24, 2.45) is 0 Å². The molecule has 0 aliphatic heterocycles. The fraction of sp³-hybridized carbons (Fsp3) is 0.125. The molecule has 0 saturated carbocycles. The van der Waals surface area contributed by atoms with Crippen LogP contribution in [0.15, 0.2) is 60.8 Å². The van der Waals surface area contributed by atoms with Crippen LogP contribution in [0.5, 0.6) is 0 Å². The summed E-state index contributed by atoms with van der Waals surface area (Å²) < 4.78 is 1.82. The van der Waals surface area contributed by atoms with E-state index in [1.165, 1.54) is 0 Å². The summed E-state index contributed by atoms with van der Waals surface area (Å²) in [6.07, 6.45) is 1.76. The van der Waals surface area contributed by atoms with Gasteiger partial charge in [0.2, 0.25) is 0 Å². The number of nitrogens with one attached hydrogen (secondary N) is 1. The van der Waals surface area contributed by atoms with Gasteiger partial charge in [-0.1, -0.05) is 53.2 Å². The van der Waals surface area contributed by atoms with Gasteiger partial charge in [0.15, 0.2) is 0 Å². The number of aromatic nitrogens is 3. The standard InChI is InChI=1S/C16H15ClN4/c1-18-16(13-9-5-6-10-14(13)17)15-11-19-20-21(15)12-7-3-2-4-8-12/h2-11,16,18H,1H3. The van der Waals surface area contributed by atoms with Gasteiger partial charge in [-0.05, 0) is 30.8 Å². The van der Waals surface area contributed by atoms with Crippen molar-refractivity contribution in [3.8, 4) is 5.69 Å². The molecule has 0 amide bonds. The molecule has 3 rings (SSSR count). The van der Waals surface area contributed by atoms with Crippen molar-refractivity contribution >= 4 is 11.6 Å². The van der Waals surface area contributed by atoms with Gasteiger partial charge in [0, 0.05) is 5.02 Å². The molecule has 0 radical (unpaired) electrons. The minimum atomic E-state index is -0.0751. The maximum absolute atomic E-state index is 6.32. The molecule has 3 aromatic rings. The van der Waals surface area contributed by atoms with Crippen LogP contribution in [0.2, 0.25) is 5.02 Å². The Morgan fingerprint density at radius 1 is 1.05 bits per heavy atom. The fourth-order valence-corrected chi connectivity index (χ4v) is 2.63. The summed E-state index contributed by atoms with van der Waals surface area (Å²) in [5.41, 5.74) is 2.91. The van der Waals surface area contributed by atoms with Gasteiger partial charge in [-0.3, -0.25) is 0 Å². The van der Waals surface area contributed by atoms with Gasteiger partial charge < -0.3 is 5.32 Å². The number of hydrogen-bond donors (Lipinski definition) is 1. The quantitative estimate of drug-likeness (QED) is 0.804. The van der Waals surface area contributed by atoms with Gasteiger partial charge in [0.25, 0.3) is 0 Å². The topological polar surface area (TPSA) is 42.7 Å². The van der Waals surface area contributed by atoms with Gasteiger partial charge in [-0.25, -0.2) is 4.68 Å². The molecule has 106 valence electrons. The summed E-state index contributed by atoms with van der Waals surface area (Å²) >= 11 is 6.32. The Hall–Kier alpha value is -2.17. The third-order valence-electron chi connectivity index (χ3n) is 3.38. The van der Waals surface area contributed by atoms with Gasteiger partial charge in [0.1, 0.15) is 0 Å². The van der Waals surface area contributed by atoms with E-state index in [1.54, 1.807) is 6.20 Å². The lowest BCUT2D eigenvalue weighted by Gasteiger charge is -2.18. The lowest BCUT2D eigenvalue weighted by atomic mass is 10.0. The first-order chi connectivity index (χ1) is 10.3. The molecule has 2 aromatic carbocycles. The minimum absolute atomic E-state index is 0.0751. The maximum Gasteiger partial charge on any atom is 0.0861 e. The third kappa shape index (κ3) is 2.68. The molecule has 0 aliphatic carbocycles. The Bertz CT molecular complexity index is 724. The highest BCUT2D eigenvalue weighted by atomic mass is 35.5. The van der Waals surface area contributed by atoms with Crippen LogP contribution in [-0.4, -0.2) is 22.0 Å². The van der Waals surface area contributed by atoms with Crippen molar-refractivity contribution in [3.05, 3.63) is 77.1 Å². The Morgan fingerprint density at radius 2 is 1.76 bits per heavy atom. The monoisotopic (exact) mass is 298 g/mol. The number of benzene rings is 2. The van der Waals surface area contributed by atoms with Gasteiger partial charge in [-0.2, -0.15) is 0 Å². The van der Waals surface area contributed by atoms with Crippen LogP contribution in [0, 0.1) is 0 Å². The summed E-state index contributed by atoms with van der Waals surface area (Å²) in [6.45, 7) is 0. The first-order valence-corrected chi connectivity index (χ1v) is 7.07. The van der Waals surface area contributed by atoms with E-state index < -0.39 is 0 Å². The lowest BCUT2D eigenvalue weighted by molar-refractivity contribution is 0.634. The first kappa shape index (κ1) is 13.8. The third-order valence-corrected chi connectivity index (χ3v) is 3.72. The van der Waals surface area contributed by atoms with E-state index in [0.29, 0.717) is 0 Å². The second kappa shape index (κ2) is 6.08. The second-order valence-electron chi connectivity index (χ2n) is 4.65. The SMILES string of the molecule is CNC(c1ccccc1Cl)c1cnnn1-c1ccccc1. The second-order valence-corrected chi connectivity index (χ2v) is 5.06. The largest absolute Gasteiger partial charge is 0.308 e. The smallest absolute Gasteiger partial charge is 0.0861 e. The van der Waals surface area contributed by atoms with Crippen LogP contribution >= 0.6 is 11.6 Å². The Labute approximate surface area is 128 Å². The number of nitrogens with zero attached hydrogens (tertiary/aromatic N) is 3. The fourth-order valence-electron chi connectivity index (χ4n) is 2.38. The molecule has 4 nitrogen and oxygen atoms in total. The van der Waals surface area contributed by atoms with Crippen molar-refractivity contribution < 1.29 is 0 Å². The highest BCUT2D eigenvalue weighted by Gasteiger charge is 2.20. The van der Waals surface area contributed by atoms with Crippen molar-refractivity contribution in [1.82, 2.24) is 20.3 Å². The molecule has 5 heteroatoms. The number of rotatable bonds is 4. The van der Waals surface area contributed by atoms with Gasteiger partial charge in [0.05, 0.1) is 23.6 Å². The van der Waals surface area contributed by atoms with E-state index in [9.17, 15) is 0 Å². The summed E-state index contributed by atoms with van der Waals surface area (Å²) in [4.78, 5) is 0. The molecule has 0 spiro atoms. The average Bonchev–Trinajstić information content (AvgIpc) is 3.00. The normalized spacial score (nSPS) is 12.3. The van der Waals surface area contributed by atoms with Crippen molar-refractivity contribution in [2.75, 3.05) is 7.05 Å². The molecule has 0 saturated heterocycles. The number of para-hydroxylation sites is 1.